The van der Waals surface area contributed by atoms with E-state index in [4.69, 9.17) is 0 Å². The highest BCUT2D eigenvalue weighted by atomic mass is 79.9. The Morgan fingerprint density at radius 1 is 1.50 bits per heavy atom. The summed E-state index contributed by atoms with van der Waals surface area (Å²) in [4.78, 5) is 16.3. The minimum absolute atomic E-state index is 0.0509. The monoisotopic (exact) mass is 392 g/mol. The van der Waals surface area contributed by atoms with Gasteiger partial charge < -0.3 is 5.32 Å². The molecule has 0 aliphatic rings. The molecule has 0 bridgehead atoms. The number of hydrogen-bond acceptors (Lipinski definition) is 4. The average molecular weight is 394 g/mol. The second kappa shape index (κ2) is 6.44. The lowest BCUT2D eigenvalue weighted by Gasteiger charge is -2.03. The van der Waals surface area contributed by atoms with Crippen LogP contribution in [-0.4, -0.2) is 27.2 Å². The summed E-state index contributed by atoms with van der Waals surface area (Å²) in [7, 11) is 0. The Bertz CT molecular complexity index is 506. The first-order valence-corrected chi connectivity index (χ1v) is 7.62. The van der Waals surface area contributed by atoms with Gasteiger partial charge in [0.2, 0.25) is 0 Å². The van der Waals surface area contributed by atoms with Gasteiger partial charge in [-0.25, -0.2) is 4.98 Å². The number of aromatic nitrogens is 3. The number of nitrogens with zero attached hydrogens (tertiary/aromatic N) is 3. The molecular formula is C10H10Br2N4OS. The third-order valence-corrected chi connectivity index (χ3v) is 5.44. The van der Waals surface area contributed by atoms with E-state index in [1.165, 1.54) is 17.7 Å². The molecule has 0 unspecified atom stereocenters. The molecule has 18 heavy (non-hydrogen) atoms. The fraction of sp³-hybridized carbons (Fsp3) is 0.300. The van der Waals surface area contributed by atoms with Crippen molar-refractivity contribution < 1.29 is 4.79 Å². The van der Waals surface area contributed by atoms with E-state index >= 15 is 0 Å². The van der Waals surface area contributed by atoms with Crippen LogP contribution >= 0.6 is 43.2 Å². The van der Waals surface area contributed by atoms with Crippen LogP contribution in [0.15, 0.2) is 27.0 Å². The molecule has 0 saturated carbocycles. The standard InChI is InChI=1S/C10H10Br2N4OS/c11-7-4-8(18-9(7)12)10(17)14-2-1-3-16-6-13-5-15-16/h4-6H,1-3H2,(H,14,17). The summed E-state index contributed by atoms with van der Waals surface area (Å²) in [6, 6.07) is 1.81. The molecule has 2 rings (SSSR count). The van der Waals surface area contributed by atoms with E-state index in [0.717, 1.165) is 21.2 Å². The number of aryl methyl sites for hydroxylation is 1. The van der Waals surface area contributed by atoms with Crippen molar-refractivity contribution >= 4 is 49.1 Å². The lowest BCUT2D eigenvalue weighted by atomic mass is 10.4. The molecule has 5 nitrogen and oxygen atoms in total. The Hall–Kier alpha value is -0.730. The number of halogens is 2. The van der Waals surface area contributed by atoms with E-state index < -0.39 is 0 Å². The van der Waals surface area contributed by atoms with Crippen molar-refractivity contribution in [3.63, 3.8) is 0 Å². The van der Waals surface area contributed by atoms with E-state index in [1.54, 1.807) is 11.0 Å². The number of carbonyl (C=O) groups excluding carboxylic acids is 1. The maximum absolute atomic E-state index is 11.8. The summed E-state index contributed by atoms with van der Waals surface area (Å²) in [5.41, 5.74) is 0. The Balaban J connectivity index is 1.75. The molecule has 0 aliphatic heterocycles. The second-order valence-corrected chi connectivity index (χ2v) is 6.72. The summed E-state index contributed by atoms with van der Waals surface area (Å²) >= 11 is 8.13. The molecule has 8 heteroatoms. The van der Waals surface area contributed by atoms with Gasteiger partial charge in [-0.15, -0.1) is 11.3 Å². The molecule has 0 fully saturated rings. The molecule has 1 amide bonds. The first-order chi connectivity index (χ1) is 8.66. The topological polar surface area (TPSA) is 59.8 Å². The van der Waals surface area contributed by atoms with Gasteiger partial charge >= 0.3 is 0 Å². The zero-order valence-corrected chi connectivity index (χ0v) is 13.3. The molecule has 0 aromatic carbocycles. The van der Waals surface area contributed by atoms with Crippen LogP contribution in [0.1, 0.15) is 16.1 Å². The van der Waals surface area contributed by atoms with Crippen molar-refractivity contribution in [2.75, 3.05) is 6.54 Å². The first-order valence-electron chi connectivity index (χ1n) is 5.22. The predicted octanol–water partition coefficient (Wildman–Crippen LogP) is 2.68. The van der Waals surface area contributed by atoms with Crippen molar-refractivity contribution in [3.05, 3.63) is 31.9 Å². The molecule has 2 aromatic heterocycles. The summed E-state index contributed by atoms with van der Waals surface area (Å²) in [5.74, 6) is -0.0509. The second-order valence-electron chi connectivity index (χ2n) is 3.50. The van der Waals surface area contributed by atoms with E-state index in [-0.39, 0.29) is 5.91 Å². The van der Waals surface area contributed by atoms with Crippen LogP contribution in [0.25, 0.3) is 0 Å². The van der Waals surface area contributed by atoms with Gasteiger partial charge in [-0.05, 0) is 44.3 Å². The Kier molecular flexibility index (Phi) is 4.90. The number of rotatable bonds is 5. The highest BCUT2D eigenvalue weighted by Gasteiger charge is 2.11. The number of nitrogens with one attached hydrogen (secondary N) is 1. The van der Waals surface area contributed by atoms with Gasteiger partial charge in [-0.3, -0.25) is 9.48 Å². The van der Waals surface area contributed by atoms with Gasteiger partial charge in [0.15, 0.2) is 0 Å². The van der Waals surface area contributed by atoms with Crippen LogP contribution in [0.4, 0.5) is 0 Å². The van der Waals surface area contributed by atoms with Crippen molar-refractivity contribution in [3.8, 4) is 0 Å². The van der Waals surface area contributed by atoms with Gasteiger partial charge in [-0.1, -0.05) is 0 Å². The largest absolute Gasteiger partial charge is 0.351 e. The Morgan fingerprint density at radius 3 is 2.94 bits per heavy atom. The summed E-state index contributed by atoms with van der Waals surface area (Å²) in [6.45, 7) is 1.37. The molecular weight excluding hydrogens is 384 g/mol. The zero-order chi connectivity index (χ0) is 13.0. The first kappa shape index (κ1) is 13.7. The van der Waals surface area contributed by atoms with Crippen LogP contribution in [-0.2, 0) is 6.54 Å². The quantitative estimate of drug-likeness (QED) is 0.794. The molecule has 0 aliphatic carbocycles. The minimum Gasteiger partial charge on any atom is -0.351 e. The molecule has 2 aromatic rings. The van der Waals surface area contributed by atoms with E-state index in [0.29, 0.717) is 11.4 Å². The highest BCUT2D eigenvalue weighted by Crippen LogP contribution is 2.32. The van der Waals surface area contributed by atoms with Gasteiger partial charge in [0, 0.05) is 17.6 Å². The average Bonchev–Trinajstić information content (AvgIpc) is 2.96. The molecule has 96 valence electrons. The van der Waals surface area contributed by atoms with Crippen molar-refractivity contribution in [1.29, 1.82) is 0 Å². The lowest BCUT2D eigenvalue weighted by Crippen LogP contribution is -2.24. The summed E-state index contributed by atoms with van der Waals surface area (Å²) in [5, 5.41) is 6.86. The molecule has 0 atom stereocenters. The highest BCUT2D eigenvalue weighted by molar-refractivity contribution is 9.13. The van der Waals surface area contributed by atoms with Crippen LogP contribution in [0.5, 0.6) is 0 Å². The van der Waals surface area contributed by atoms with Gasteiger partial charge in [0.1, 0.15) is 12.7 Å². The number of amides is 1. The fourth-order valence-corrected chi connectivity index (χ4v) is 3.29. The molecule has 0 spiro atoms. The van der Waals surface area contributed by atoms with E-state index in [9.17, 15) is 4.79 Å². The SMILES string of the molecule is O=C(NCCCn1cncn1)c1cc(Br)c(Br)s1. The van der Waals surface area contributed by atoms with E-state index in [2.05, 4.69) is 47.3 Å². The number of thiophene rings is 1. The van der Waals surface area contributed by atoms with Crippen molar-refractivity contribution in [2.45, 2.75) is 13.0 Å². The number of carbonyl (C=O) groups is 1. The van der Waals surface area contributed by atoms with Crippen molar-refractivity contribution in [1.82, 2.24) is 20.1 Å². The third-order valence-electron chi connectivity index (χ3n) is 2.19. The molecule has 0 radical (unpaired) electrons. The smallest absolute Gasteiger partial charge is 0.261 e. The lowest BCUT2D eigenvalue weighted by molar-refractivity contribution is 0.0956. The minimum atomic E-state index is -0.0509. The van der Waals surface area contributed by atoms with Crippen LogP contribution in [0.2, 0.25) is 0 Å². The van der Waals surface area contributed by atoms with Crippen molar-refractivity contribution in [2.24, 2.45) is 0 Å². The predicted molar refractivity (Wildman–Crippen MR) is 76.7 cm³/mol. The van der Waals surface area contributed by atoms with Crippen LogP contribution in [0.3, 0.4) is 0 Å². The van der Waals surface area contributed by atoms with Crippen LogP contribution in [0, 0.1) is 0 Å². The maximum Gasteiger partial charge on any atom is 0.261 e. The molecule has 1 N–H and O–H groups in total. The summed E-state index contributed by atoms with van der Waals surface area (Å²) < 4.78 is 3.57. The van der Waals surface area contributed by atoms with Gasteiger partial charge in [-0.2, -0.15) is 5.10 Å². The van der Waals surface area contributed by atoms with Gasteiger partial charge in [0.25, 0.3) is 5.91 Å². The number of hydrogen-bond donors (Lipinski definition) is 1. The Morgan fingerprint density at radius 2 is 2.33 bits per heavy atom. The molecule has 0 saturated heterocycles. The van der Waals surface area contributed by atoms with Gasteiger partial charge in [0.05, 0.1) is 8.66 Å². The zero-order valence-electron chi connectivity index (χ0n) is 9.27. The van der Waals surface area contributed by atoms with Crippen LogP contribution < -0.4 is 5.32 Å². The fourth-order valence-electron chi connectivity index (χ4n) is 1.34. The van der Waals surface area contributed by atoms with E-state index in [1.807, 2.05) is 6.07 Å². The summed E-state index contributed by atoms with van der Waals surface area (Å²) in [6.07, 6.45) is 3.98. The Labute approximate surface area is 125 Å². The third kappa shape index (κ3) is 3.63. The normalized spacial score (nSPS) is 10.6. The molecule has 2 heterocycles. The maximum atomic E-state index is 11.8.